The van der Waals surface area contributed by atoms with Crippen molar-refractivity contribution in [3.63, 3.8) is 0 Å². The van der Waals surface area contributed by atoms with E-state index in [4.69, 9.17) is 9.47 Å². The summed E-state index contributed by atoms with van der Waals surface area (Å²) in [4.78, 5) is 0. The second kappa shape index (κ2) is 9.59. The minimum Gasteiger partial charge on any atom is -0.499 e. The summed E-state index contributed by atoms with van der Waals surface area (Å²) in [7, 11) is 0. The maximum atomic E-state index is 5.24. The maximum absolute atomic E-state index is 5.24. The van der Waals surface area contributed by atoms with Crippen LogP contribution in [0.5, 0.6) is 0 Å². The minimum atomic E-state index is 0.809. The van der Waals surface area contributed by atoms with Gasteiger partial charge in [0.05, 0.1) is 12.4 Å². The fourth-order valence-electron chi connectivity index (χ4n) is 1.05. The molecule has 0 bridgehead atoms. The summed E-state index contributed by atoms with van der Waals surface area (Å²) in [5, 5.41) is 0. The molecule has 0 saturated carbocycles. The summed E-state index contributed by atoms with van der Waals surface area (Å²) < 4.78 is 10.5. The van der Waals surface area contributed by atoms with Gasteiger partial charge in [0.2, 0.25) is 0 Å². The highest BCUT2D eigenvalue weighted by molar-refractivity contribution is 4.73. The number of hydrogen-bond acceptors (Lipinski definition) is 2. The molecule has 0 saturated heterocycles. The van der Waals surface area contributed by atoms with Crippen molar-refractivity contribution in [1.82, 2.24) is 0 Å². The van der Waals surface area contributed by atoms with E-state index in [0.717, 1.165) is 32.0 Å². The van der Waals surface area contributed by atoms with Crippen molar-refractivity contribution < 1.29 is 9.47 Å². The number of allylic oxidation sites excluding steroid dienone is 1. The van der Waals surface area contributed by atoms with Crippen LogP contribution in [0.2, 0.25) is 0 Å². The molecule has 78 valence electrons. The Morgan fingerprint density at radius 1 is 1.08 bits per heavy atom. The van der Waals surface area contributed by atoms with E-state index in [1.165, 1.54) is 19.3 Å². The second-order valence-corrected chi connectivity index (χ2v) is 3.16. The van der Waals surface area contributed by atoms with Crippen LogP contribution < -0.4 is 0 Å². The molecule has 0 aliphatic carbocycles. The molecule has 0 spiro atoms. The van der Waals surface area contributed by atoms with Gasteiger partial charge >= 0.3 is 0 Å². The van der Waals surface area contributed by atoms with Gasteiger partial charge in [-0.05, 0) is 33.1 Å². The molecule has 0 unspecified atom stereocenters. The Morgan fingerprint density at radius 2 is 1.69 bits per heavy atom. The van der Waals surface area contributed by atoms with Crippen LogP contribution >= 0.6 is 0 Å². The quantitative estimate of drug-likeness (QED) is 0.407. The maximum Gasteiger partial charge on any atom is 0.0876 e. The summed E-state index contributed by atoms with van der Waals surface area (Å²) in [6.45, 7) is 10.1. The van der Waals surface area contributed by atoms with Crippen LogP contribution in [0.4, 0.5) is 0 Å². The molecule has 0 fully saturated rings. The third-order valence-electron chi connectivity index (χ3n) is 1.74. The topological polar surface area (TPSA) is 18.5 Å². The second-order valence-electron chi connectivity index (χ2n) is 3.16. The Hall–Kier alpha value is -0.500. The Labute approximate surface area is 81.9 Å². The van der Waals surface area contributed by atoms with Gasteiger partial charge in [0.25, 0.3) is 0 Å². The lowest BCUT2D eigenvalue weighted by atomic mass is 10.2. The van der Waals surface area contributed by atoms with Crippen LogP contribution in [0.15, 0.2) is 12.3 Å². The summed E-state index contributed by atoms with van der Waals surface area (Å²) >= 11 is 0. The highest BCUT2D eigenvalue weighted by atomic mass is 16.5. The fraction of sp³-hybridized carbons (Fsp3) is 0.818. The Morgan fingerprint density at radius 3 is 2.23 bits per heavy atom. The molecule has 0 aromatic rings. The lowest BCUT2D eigenvalue weighted by molar-refractivity contribution is 0.141. The van der Waals surface area contributed by atoms with Crippen molar-refractivity contribution in [2.45, 2.75) is 39.5 Å². The van der Waals surface area contributed by atoms with Crippen LogP contribution in [0.1, 0.15) is 39.5 Å². The van der Waals surface area contributed by atoms with Crippen LogP contribution in [0.3, 0.4) is 0 Å². The molecule has 13 heavy (non-hydrogen) atoms. The SMILES string of the molecule is C=C(C)OCCCCCCOCC. The van der Waals surface area contributed by atoms with Crippen molar-refractivity contribution in [2.24, 2.45) is 0 Å². The van der Waals surface area contributed by atoms with Crippen molar-refractivity contribution in [3.8, 4) is 0 Å². The monoisotopic (exact) mass is 186 g/mol. The number of hydrogen-bond donors (Lipinski definition) is 0. The van der Waals surface area contributed by atoms with Gasteiger partial charge in [0.15, 0.2) is 0 Å². The molecule has 0 amide bonds. The third-order valence-corrected chi connectivity index (χ3v) is 1.74. The van der Waals surface area contributed by atoms with Crippen molar-refractivity contribution in [3.05, 3.63) is 12.3 Å². The Kier molecular flexibility index (Phi) is 9.22. The van der Waals surface area contributed by atoms with Crippen LogP contribution in [0, 0.1) is 0 Å². The first-order chi connectivity index (χ1) is 6.27. The molecule has 0 N–H and O–H groups in total. The van der Waals surface area contributed by atoms with Gasteiger partial charge in [-0.2, -0.15) is 0 Å². The predicted octanol–water partition coefficient (Wildman–Crippen LogP) is 3.13. The van der Waals surface area contributed by atoms with E-state index in [0.29, 0.717) is 0 Å². The zero-order valence-corrected chi connectivity index (χ0v) is 8.97. The number of ether oxygens (including phenoxy) is 2. The van der Waals surface area contributed by atoms with Crippen LogP contribution in [0.25, 0.3) is 0 Å². The smallest absolute Gasteiger partial charge is 0.0876 e. The average Bonchev–Trinajstić information content (AvgIpc) is 2.09. The highest BCUT2D eigenvalue weighted by Crippen LogP contribution is 2.02. The molecule has 0 atom stereocenters. The van der Waals surface area contributed by atoms with Gasteiger partial charge in [-0.25, -0.2) is 0 Å². The lowest BCUT2D eigenvalue weighted by Crippen LogP contribution is -1.95. The average molecular weight is 186 g/mol. The lowest BCUT2D eigenvalue weighted by Gasteiger charge is -2.04. The van der Waals surface area contributed by atoms with E-state index < -0.39 is 0 Å². The van der Waals surface area contributed by atoms with Crippen molar-refractivity contribution >= 4 is 0 Å². The highest BCUT2D eigenvalue weighted by Gasteiger charge is 1.91. The fourth-order valence-corrected chi connectivity index (χ4v) is 1.05. The predicted molar refractivity (Wildman–Crippen MR) is 55.7 cm³/mol. The first kappa shape index (κ1) is 12.5. The van der Waals surface area contributed by atoms with Gasteiger partial charge in [-0.15, -0.1) is 0 Å². The van der Waals surface area contributed by atoms with E-state index in [1.807, 2.05) is 13.8 Å². The zero-order valence-electron chi connectivity index (χ0n) is 8.97. The van der Waals surface area contributed by atoms with Crippen LogP contribution in [-0.2, 0) is 9.47 Å². The molecule has 0 aromatic carbocycles. The largest absolute Gasteiger partial charge is 0.499 e. The van der Waals surface area contributed by atoms with E-state index in [1.54, 1.807) is 0 Å². The Balaban J connectivity index is 2.87. The van der Waals surface area contributed by atoms with Crippen molar-refractivity contribution in [2.75, 3.05) is 19.8 Å². The first-order valence-corrected chi connectivity index (χ1v) is 5.13. The summed E-state index contributed by atoms with van der Waals surface area (Å²) in [6, 6.07) is 0. The summed E-state index contributed by atoms with van der Waals surface area (Å²) in [6.07, 6.45) is 4.75. The normalized spacial score (nSPS) is 10.0. The number of rotatable bonds is 9. The van der Waals surface area contributed by atoms with Gasteiger partial charge in [0.1, 0.15) is 0 Å². The molecule has 2 heteroatoms. The van der Waals surface area contributed by atoms with Gasteiger partial charge in [-0.1, -0.05) is 13.0 Å². The molecule has 0 rings (SSSR count). The molecule has 0 aromatic heterocycles. The molecule has 0 radical (unpaired) electrons. The third kappa shape index (κ3) is 11.5. The molecule has 0 heterocycles. The van der Waals surface area contributed by atoms with E-state index >= 15 is 0 Å². The summed E-state index contributed by atoms with van der Waals surface area (Å²) in [5.74, 6) is 0.814. The molecular formula is C11H22O2. The zero-order chi connectivity index (χ0) is 9.94. The van der Waals surface area contributed by atoms with Gasteiger partial charge in [-0.3, -0.25) is 0 Å². The molecule has 0 aliphatic rings. The minimum absolute atomic E-state index is 0.809. The van der Waals surface area contributed by atoms with E-state index in [2.05, 4.69) is 6.58 Å². The van der Waals surface area contributed by atoms with Crippen LogP contribution in [-0.4, -0.2) is 19.8 Å². The van der Waals surface area contributed by atoms with Gasteiger partial charge < -0.3 is 9.47 Å². The molecular weight excluding hydrogens is 164 g/mol. The van der Waals surface area contributed by atoms with Gasteiger partial charge in [0, 0.05) is 13.2 Å². The first-order valence-electron chi connectivity index (χ1n) is 5.13. The van der Waals surface area contributed by atoms with E-state index in [9.17, 15) is 0 Å². The van der Waals surface area contributed by atoms with Crippen molar-refractivity contribution in [1.29, 1.82) is 0 Å². The molecule has 0 aliphatic heterocycles. The molecule has 2 nitrogen and oxygen atoms in total. The number of unbranched alkanes of at least 4 members (excludes halogenated alkanes) is 3. The van der Waals surface area contributed by atoms with E-state index in [-0.39, 0.29) is 0 Å². The Bertz CT molecular complexity index is 121. The standard InChI is InChI=1S/C11H22O2/c1-4-12-9-7-5-6-8-10-13-11(2)3/h2,4-10H2,1,3H3. The summed E-state index contributed by atoms with van der Waals surface area (Å²) in [5.41, 5.74) is 0.